The fourth-order valence-electron chi connectivity index (χ4n) is 1.20. The first-order valence-electron chi connectivity index (χ1n) is 4.39. The number of halogens is 3. The Labute approximate surface area is 85.2 Å². The Morgan fingerprint density at radius 2 is 2.20 bits per heavy atom. The van der Waals surface area contributed by atoms with Crippen molar-refractivity contribution in [3.05, 3.63) is 24.3 Å². The van der Waals surface area contributed by atoms with E-state index in [1.165, 1.54) is 17.2 Å². The van der Waals surface area contributed by atoms with Crippen molar-refractivity contribution in [3.63, 3.8) is 0 Å². The summed E-state index contributed by atoms with van der Waals surface area (Å²) in [6.45, 7) is -0.769. The summed E-state index contributed by atoms with van der Waals surface area (Å²) in [7, 11) is 0. The molecule has 1 heterocycles. The molecule has 6 heteroatoms. The molecule has 0 spiro atoms. The van der Waals surface area contributed by atoms with Crippen molar-refractivity contribution in [1.29, 1.82) is 0 Å². The van der Waals surface area contributed by atoms with Gasteiger partial charge in [-0.3, -0.25) is 0 Å². The zero-order valence-electron chi connectivity index (χ0n) is 7.91. The number of hydrogen-bond donors (Lipinski definition) is 1. The molecule has 1 aromatic rings. The van der Waals surface area contributed by atoms with Crippen LogP contribution < -0.4 is 4.90 Å². The van der Waals surface area contributed by atoms with Gasteiger partial charge in [-0.2, -0.15) is 4.39 Å². The zero-order chi connectivity index (χ0) is 11.3. The van der Waals surface area contributed by atoms with E-state index in [0.29, 0.717) is 0 Å². The number of aliphatic hydroxyl groups excluding tert-OH is 1. The number of alkyl halides is 2. The van der Waals surface area contributed by atoms with Crippen LogP contribution in [0.1, 0.15) is 0 Å². The fraction of sp³-hybridized carbons (Fsp3) is 0.444. The predicted octanol–water partition coefficient (Wildman–Crippen LogP) is 1.28. The van der Waals surface area contributed by atoms with Gasteiger partial charge < -0.3 is 10.0 Å². The molecule has 0 bridgehead atoms. The number of nitrogens with zero attached hydrogens (tertiary/aromatic N) is 2. The second-order valence-electron chi connectivity index (χ2n) is 2.90. The van der Waals surface area contributed by atoms with Crippen LogP contribution in [0.4, 0.5) is 18.9 Å². The molecular formula is C9H11F3N2O. The highest BCUT2D eigenvalue weighted by Crippen LogP contribution is 2.14. The zero-order valence-corrected chi connectivity index (χ0v) is 7.91. The molecule has 1 aromatic heterocycles. The third kappa shape index (κ3) is 3.75. The van der Waals surface area contributed by atoms with Gasteiger partial charge in [0.1, 0.15) is 0 Å². The first-order chi connectivity index (χ1) is 7.13. The molecule has 0 amide bonds. The Kier molecular flexibility index (Phi) is 4.36. The number of hydrogen-bond acceptors (Lipinski definition) is 3. The SMILES string of the molecule is OCCN(CC(F)F)c1ccnc(F)c1. The van der Waals surface area contributed by atoms with E-state index >= 15 is 0 Å². The van der Waals surface area contributed by atoms with Gasteiger partial charge in [0.25, 0.3) is 6.43 Å². The van der Waals surface area contributed by atoms with Crippen LogP contribution in [-0.2, 0) is 0 Å². The second-order valence-corrected chi connectivity index (χ2v) is 2.90. The maximum atomic E-state index is 12.7. The van der Waals surface area contributed by atoms with Crippen LogP contribution in [0, 0.1) is 5.95 Å². The summed E-state index contributed by atoms with van der Waals surface area (Å²) in [4.78, 5) is 4.52. The summed E-state index contributed by atoms with van der Waals surface area (Å²) in [5.41, 5.74) is 0.289. The van der Waals surface area contributed by atoms with Gasteiger partial charge in [-0.1, -0.05) is 0 Å². The summed E-state index contributed by atoms with van der Waals surface area (Å²) in [5.74, 6) is -0.732. The number of aromatic nitrogens is 1. The molecule has 1 rings (SSSR count). The van der Waals surface area contributed by atoms with E-state index in [9.17, 15) is 13.2 Å². The molecule has 0 unspecified atom stereocenters. The van der Waals surface area contributed by atoms with E-state index < -0.39 is 18.9 Å². The molecule has 0 aliphatic heterocycles. The van der Waals surface area contributed by atoms with Crippen molar-refractivity contribution >= 4 is 5.69 Å². The molecule has 0 fully saturated rings. The highest BCUT2D eigenvalue weighted by atomic mass is 19.3. The van der Waals surface area contributed by atoms with Crippen molar-refractivity contribution in [1.82, 2.24) is 4.98 Å². The summed E-state index contributed by atoms with van der Waals surface area (Å²) in [6, 6.07) is 2.47. The second kappa shape index (κ2) is 5.55. The van der Waals surface area contributed by atoms with E-state index in [0.717, 1.165) is 6.07 Å². The molecule has 0 saturated heterocycles. The largest absolute Gasteiger partial charge is 0.395 e. The normalized spacial score (nSPS) is 10.7. The Morgan fingerprint density at radius 3 is 2.73 bits per heavy atom. The fourth-order valence-corrected chi connectivity index (χ4v) is 1.20. The molecule has 15 heavy (non-hydrogen) atoms. The first kappa shape index (κ1) is 11.8. The summed E-state index contributed by atoms with van der Waals surface area (Å²) in [5, 5.41) is 8.68. The predicted molar refractivity (Wildman–Crippen MR) is 49.5 cm³/mol. The number of aliphatic hydroxyl groups is 1. The topological polar surface area (TPSA) is 36.4 Å². The smallest absolute Gasteiger partial charge is 0.255 e. The lowest BCUT2D eigenvalue weighted by Crippen LogP contribution is -2.31. The quantitative estimate of drug-likeness (QED) is 0.759. The van der Waals surface area contributed by atoms with Crippen molar-refractivity contribution in [2.45, 2.75) is 6.43 Å². The van der Waals surface area contributed by atoms with Crippen LogP contribution in [-0.4, -0.2) is 36.2 Å². The highest BCUT2D eigenvalue weighted by molar-refractivity contribution is 5.44. The van der Waals surface area contributed by atoms with E-state index in [2.05, 4.69) is 4.98 Å². The molecule has 0 aromatic carbocycles. The standard InChI is InChI=1S/C9H11F3N2O/c10-8(11)6-14(3-4-15)7-1-2-13-9(12)5-7/h1-2,5,8,15H,3-4,6H2. The van der Waals surface area contributed by atoms with Gasteiger partial charge in [0, 0.05) is 24.5 Å². The third-order valence-corrected chi connectivity index (χ3v) is 1.80. The lowest BCUT2D eigenvalue weighted by molar-refractivity contribution is 0.152. The van der Waals surface area contributed by atoms with Crippen LogP contribution in [0.3, 0.4) is 0 Å². The van der Waals surface area contributed by atoms with Crippen molar-refractivity contribution in [2.24, 2.45) is 0 Å². The number of pyridine rings is 1. The van der Waals surface area contributed by atoms with E-state index in [1.807, 2.05) is 0 Å². The van der Waals surface area contributed by atoms with Gasteiger partial charge in [0.05, 0.1) is 13.2 Å². The van der Waals surface area contributed by atoms with Crippen LogP contribution in [0.15, 0.2) is 18.3 Å². The van der Waals surface area contributed by atoms with Gasteiger partial charge in [0.2, 0.25) is 5.95 Å². The molecule has 0 aliphatic carbocycles. The summed E-state index contributed by atoms with van der Waals surface area (Å²) >= 11 is 0. The molecule has 84 valence electrons. The van der Waals surface area contributed by atoms with Crippen molar-refractivity contribution < 1.29 is 18.3 Å². The van der Waals surface area contributed by atoms with Gasteiger partial charge >= 0.3 is 0 Å². The van der Waals surface area contributed by atoms with Gasteiger partial charge in [-0.15, -0.1) is 0 Å². The maximum Gasteiger partial charge on any atom is 0.255 e. The highest BCUT2D eigenvalue weighted by Gasteiger charge is 2.12. The Hall–Kier alpha value is -1.30. The lowest BCUT2D eigenvalue weighted by atomic mass is 10.3. The molecule has 0 saturated carbocycles. The van der Waals surface area contributed by atoms with Crippen LogP contribution in [0.2, 0.25) is 0 Å². The summed E-state index contributed by atoms with van der Waals surface area (Å²) < 4.78 is 37.0. The van der Waals surface area contributed by atoms with Crippen LogP contribution in [0.5, 0.6) is 0 Å². The average molecular weight is 220 g/mol. The molecule has 0 radical (unpaired) electrons. The lowest BCUT2D eigenvalue weighted by Gasteiger charge is -2.23. The monoisotopic (exact) mass is 220 g/mol. The Bertz CT molecular complexity index is 309. The van der Waals surface area contributed by atoms with Crippen LogP contribution in [0.25, 0.3) is 0 Å². The van der Waals surface area contributed by atoms with Gasteiger partial charge in [0.15, 0.2) is 0 Å². The summed E-state index contributed by atoms with van der Waals surface area (Å²) in [6.07, 6.45) is -1.34. The third-order valence-electron chi connectivity index (χ3n) is 1.80. The minimum absolute atomic E-state index is 0.0355. The van der Waals surface area contributed by atoms with E-state index in [4.69, 9.17) is 5.11 Å². The Morgan fingerprint density at radius 1 is 1.47 bits per heavy atom. The van der Waals surface area contributed by atoms with Gasteiger partial charge in [-0.25, -0.2) is 13.8 Å². The van der Waals surface area contributed by atoms with Crippen molar-refractivity contribution in [2.75, 3.05) is 24.6 Å². The molecule has 0 atom stereocenters. The maximum absolute atomic E-state index is 12.7. The number of anilines is 1. The minimum atomic E-state index is -2.53. The Balaban J connectivity index is 2.78. The average Bonchev–Trinajstić information content (AvgIpc) is 2.16. The molecular weight excluding hydrogens is 209 g/mol. The molecule has 0 aliphatic rings. The van der Waals surface area contributed by atoms with E-state index in [1.54, 1.807) is 0 Å². The van der Waals surface area contributed by atoms with Gasteiger partial charge in [-0.05, 0) is 6.07 Å². The van der Waals surface area contributed by atoms with E-state index in [-0.39, 0.29) is 18.8 Å². The molecule has 1 N–H and O–H groups in total. The van der Waals surface area contributed by atoms with Crippen molar-refractivity contribution in [3.8, 4) is 0 Å². The first-order valence-corrected chi connectivity index (χ1v) is 4.39. The van der Waals surface area contributed by atoms with Crippen LogP contribution >= 0.6 is 0 Å². The minimum Gasteiger partial charge on any atom is -0.395 e. The number of rotatable bonds is 5. The molecule has 3 nitrogen and oxygen atoms in total.